The molecule has 0 N–H and O–H groups in total. The lowest BCUT2D eigenvalue weighted by atomic mass is 9.85. The van der Waals surface area contributed by atoms with Crippen molar-refractivity contribution in [3.8, 4) is 11.8 Å². The molecule has 0 aliphatic carbocycles. The van der Waals surface area contributed by atoms with Crippen LogP contribution in [-0.4, -0.2) is 37.0 Å². The van der Waals surface area contributed by atoms with E-state index < -0.39 is 0 Å². The fourth-order valence-corrected chi connectivity index (χ4v) is 5.39. The molecule has 2 aliphatic rings. The van der Waals surface area contributed by atoms with Crippen molar-refractivity contribution in [2.24, 2.45) is 11.8 Å². The van der Waals surface area contributed by atoms with Crippen molar-refractivity contribution in [3.63, 3.8) is 0 Å². The van der Waals surface area contributed by atoms with Crippen LogP contribution in [0.2, 0.25) is 10.0 Å². The van der Waals surface area contributed by atoms with E-state index in [1.807, 2.05) is 13.0 Å². The van der Waals surface area contributed by atoms with Gasteiger partial charge in [-0.05, 0) is 68.5 Å². The first-order chi connectivity index (χ1) is 15.4. The lowest BCUT2D eigenvalue weighted by Crippen LogP contribution is -2.45. The molecule has 0 aromatic heterocycles. The fourth-order valence-electron chi connectivity index (χ4n) is 4.70. The van der Waals surface area contributed by atoms with Gasteiger partial charge in [-0.3, -0.25) is 9.69 Å². The molecule has 2 aromatic carbocycles. The number of nitrogens with zero attached hydrogens (tertiary/aromatic N) is 2. The third-order valence-electron chi connectivity index (χ3n) is 6.30. The van der Waals surface area contributed by atoms with Gasteiger partial charge in [0.1, 0.15) is 5.82 Å². The number of hydrogen-bond acceptors (Lipinski definition) is 2. The minimum absolute atomic E-state index is 0. The van der Waals surface area contributed by atoms with Gasteiger partial charge in [-0.2, -0.15) is 0 Å². The van der Waals surface area contributed by atoms with Gasteiger partial charge in [0.15, 0.2) is 0 Å². The fraction of sp³-hybridized carbons (Fsp3) is 0.423. The minimum Gasteiger partial charge on any atom is -0.309 e. The van der Waals surface area contributed by atoms with Gasteiger partial charge in [0.05, 0.1) is 22.3 Å². The first-order valence-electron chi connectivity index (χ1n) is 11.2. The summed E-state index contributed by atoms with van der Waals surface area (Å²) in [4.78, 5) is 17.0. The SMILES string of the molecule is C[C@@H]1C[C@H](Cc2ccccc2F)CN(c2c(Cl)cc(C#CCN3CCCC3)cc2Cl)C1=O.Cl. The number of benzene rings is 2. The normalized spacial score (nSPS) is 20.8. The van der Waals surface area contributed by atoms with Crippen LogP contribution >= 0.6 is 35.6 Å². The summed E-state index contributed by atoms with van der Waals surface area (Å²) >= 11 is 13.2. The summed E-state index contributed by atoms with van der Waals surface area (Å²) in [5.41, 5.74) is 1.93. The molecule has 0 radical (unpaired) electrons. The predicted octanol–water partition coefficient (Wildman–Crippen LogP) is 6.23. The Morgan fingerprint density at radius 1 is 1.12 bits per heavy atom. The molecule has 2 heterocycles. The zero-order valence-corrected chi connectivity index (χ0v) is 20.9. The first-order valence-corrected chi connectivity index (χ1v) is 11.9. The predicted molar refractivity (Wildman–Crippen MR) is 136 cm³/mol. The molecule has 33 heavy (non-hydrogen) atoms. The molecule has 7 heteroatoms. The number of anilines is 1. The van der Waals surface area contributed by atoms with Crippen LogP contribution in [0.5, 0.6) is 0 Å². The molecule has 2 aromatic rings. The van der Waals surface area contributed by atoms with Gasteiger partial charge in [0.25, 0.3) is 0 Å². The lowest BCUT2D eigenvalue weighted by Gasteiger charge is -2.37. The summed E-state index contributed by atoms with van der Waals surface area (Å²) in [5.74, 6) is 6.05. The van der Waals surface area contributed by atoms with E-state index >= 15 is 0 Å². The van der Waals surface area contributed by atoms with E-state index in [1.165, 1.54) is 18.9 Å². The average molecular weight is 510 g/mol. The maximum Gasteiger partial charge on any atom is 0.229 e. The Bertz CT molecular complexity index is 1040. The Morgan fingerprint density at radius 3 is 2.45 bits per heavy atom. The Kier molecular flexibility index (Phi) is 9.07. The highest BCUT2D eigenvalue weighted by atomic mass is 35.5. The molecule has 2 saturated heterocycles. The minimum atomic E-state index is -0.212. The zero-order chi connectivity index (χ0) is 22.7. The van der Waals surface area contributed by atoms with Crippen LogP contribution in [0, 0.1) is 29.5 Å². The second kappa shape index (κ2) is 11.6. The summed E-state index contributed by atoms with van der Waals surface area (Å²) in [6.45, 7) is 5.29. The van der Waals surface area contributed by atoms with E-state index in [1.54, 1.807) is 29.2 Å². The highest BCUT2D eigenvalue weighted by molar-refractivity contribution is 6.40. The molecule has 176 valence electrons. The third kappa shape index (κ3) is 6.22. The first kappa shape index (κ1) is 25.8. The van der Waals surface area contributed by atoms with E-state index in [-0.39, 0.29) is 36.0 Å². The van der Waals surface area contributed by atoms with E-state index in [4.69, 9.17) is 23.2 Å². The number of halogens is 4. The Labute approximate surface area is 211 Å². The molecule has 1 amide bonds. The summed E-state index contributed by atoms with van der Waals surface area (Å²) in [7, 11) is 0. The van der Waals surface area contributed by atoms with Gasteiger partial charge in [0.2, 0.25) is 5.91 Å². The van der Waals surface area contributed by atoms with Crippen molar-refractivity contribution in [1.29, 1.82) is 0 Å². The summed E-state index contributed by atoms with van der Waals surface area (Å²) < 4.78 is 14.2. The molecule has 3 nitrogen and oxygen atoms in total. The Morgan fingerprint density at radius 2 is 1.79 bits per heavy atom. The smallest absolute Gasteiger partial charge is 0.229 e. The van der Waals surface area contributed by atoms with Crippen LogP contribution in [0.15, 0.2) is 36.4 Å². The molecule has 0 bridgehead atoms. The number of hydrogen-bond donors (Lipinski definition) is 0. The zero-order valence-electron chi connectivity index (χ0n) is 18.6. The van der Waals surface area contributed by atoms with Gasteiger partial charge >= 0.3 is 0 Å². The molecule has 2 fully saturated rings. The highest BCUT2D eigenvalue weighted by Crippen LogP contribution is 2.39. The van der Waals surface area contributed by atoms with Gasteiger partial charge in [0, 0.05) is 18.0 Å². The van der Waals surface area contributed by atoms with Crippen molar-refractivity contribution in [1.82, 2.24) is 4.90 Å². The maximum atomic E-state index is 14.2. The van der Waals surface area contributed by atoms with Crippen molar-refractivity contribution in [2.75, 3.05) is 31.1 Å². The Hall–Kier alpha value is -1.77. The average Bonchev–Trinajstić information content (AvgIpc) is 3.26. The van der Waals surface area contributed by atoms with Gasteiger partial charge in [-0.15, -0.1) is 12.4 Å². The van der Waals surface area contributed by atoms with Crippen molar-refractivity contribution >= 4 is 47.2 Å². The third-order valence-corrected chi connectivity index (χ3v) is 6.88. The molecular weight excluding hydrogens is 482 g/mol. The van der Waals surface area contributed by atoms with E-state index in [0.717, 1.165) is 25.2 Å². The van der Waals surface area contributed by atoms with E-state index in [9.17, 15) is 9.18 Å². The molecule has 4 rings (SSSR count). The maximum absolute atomic E-state index is 14.2. The molecule has 0 unspecified atom stereocenters. The Balaban J connectivity index is 0.00000306. The van der Waals surface area contributed by atoms with Crippen LogP contribution in [0.4, 0.5) is 10.1 Å². The number of amides is 1. The van der Waals surface area contributed by atoms with Crippen LogP contribution < -0.4 is 4.90 Å². The molecule has 2 aliphatic heterocycles. The number of carbonyl (C=O) groups is 1. The van der Waals surface area contributed by atoms with E-state index in [0.29, 0.717) is 40.7 Å². The second-order valence-corrected chi connectivity index (χ2v) is 9.64. The van der Waals surface area contributed by atoms with Crippen molar-refractivity contribution in [3.05, 3.63) is 63.4 Å². The molecule has 0 spiro atoms. The van der Waals surface area contributed by atoms with Crippen LogP contribution in [-0.2, 0) is 11.2 Å². The molecule has 0 saturated carbocycles. The topological polar surface area (TPSA) is 23.6 Å². The highest BCUT2D eigenvalue weighted by Gasteiger charge is 2.34. The van der Waals surface area contributed by atoms with Gasteiger partial charge in [-0.25, -0.2) is 4.39 Å². The van der Waals surface area contributed by atoms with Gasteiger partial charge in [-0.1, -0.05) is 60.2 Å². The quantitative estimate of drug-likeness (QED) is 0.456. The second-order valence-electron chi connectivity index (χ2n) is 8.82. The van der Waals surface area contributed by atoms with Gasteiger partial charge < -0.3 is 4.90 Å². The number of carbonyl (C=O) groups excluding carboxylic acids is 1. The number of piperidine rings is 1. The number of rotatable bonds is 4. The standard InChI is InChI=1S/C26H27Cl2FN2O.ClH/c1-18-13-20(14-21-8-2-3-9-24(21)29)17-31(26(18)32)25-22(27)15-19(16-23(25)28)7-6-12-30-10-4-5-11-30;/h2-3,8-9,15-16,18,20H,4-5,10-14,17H2,1H3;1H/t18-,20-;/m1./s1. The molecule has 2 atom stereocenters. The van der Waals surface area contributed by atoms with Crippen LogP contribution in [0.1, 0.15) is 37.3 Å². The summed E-state index contributed by atoms with van der Waals surface area (Å²) in [6, 6.07) is 10.4. The monoisotopic (exact) mass is 508 g/mol. The van der Waals surface area contributed by atoms with Crippen LogP contribution in [0.25, 0.3) is 0 Å². The van der Waals surface area contributed by atoms with Crippen molar-refractivity contribution < 1.29 is 9.18 Å². The lowest BCUT2D eigenvalue weighted by molar-refractivity contribution is -0.124. The van der Waals surface area contributed by atoms with Crippen molar-refractivity contribution in [2.45, 2.75) is 32.6 Å². The largest absolute Gasteiger partial charge is 0.309 e. The number of likely N-dealkylation sites (tertiary alicyclic amines) is 1. The summed E-state index contributed by atoms with van der Waals surface area (Å²) in [5, 5.41) is 0.824. The van der Waals surface area contributed by atoms with E-state index in [2.05, 4.69) is 16.7 Å². The van der Waals surface area contributed by atoms with Crippen LogP contribution in [0.3, 0.4) is 0 Å². The summed E-state index contributed by atoms with van der Waals surface area (Å²) in [6.07, 6.45) is 3.73. The molecular formula is C26H28Cl3FN2O.